The molecule has 5 nitrogen and oxygen atoms in total. The Bertz CT molecular complexity index is 558. The van der Waals surface area contributed by atoms with Crippen LogP contribution in [0.4, 0.5) is 0 Å². The van der Waals surface area contributed by atoms with Crippen molar-refractivity contribution in [2.24, 2.45) is 5.92 Å². The molecule has 0 saturated heterocycles. The highest BCUT2D eigenvalue weighted by atomic mass is 16.1. The van der Waals surface area contributed by atoms with E-state index in [0.717, 1.165) is 18.4 Å². The van der Waals surface area contributed by atoms with Crippen LogP contribution in [0, 0.1) is 5.92 Å². The lowest BCUT2D eigenvalue weighted by atomic mass is 9.85. The molecular formula is C15H18N4O. The quantitative estimate of drug-likeness (QED) is 0.900. The number of nitrogens with one attached hydrogen (secondary N) is 1. The van der Waals surface area contributed by atoms with Crippen molar-refractivity contribution in [3.8, 4) is 0 Å². The van der Waals surface area contributed by atoms with Crippen LogP contribution in [0.15, 0.2) is 36.9 Å². The standard InChI is InChI=1S/C15H18N4O/c20-15(14-2-1-3-14)17-8-12-4-6-13(7-5-12)9-19-11-16-10-18-19/h4-7,10-11,14H,1-3,8-9H2,(H,17,20). The predicted octanol–water partition coefficient (Wildman–Crippen LogP) is 1.74. The third-order valence-corrected chi connectivity index (χ3v) is 3.78. The molecular weight excluding hydrogens is 252 g/mol. The van der Waals surface area contributed by atoms with Gasteiger partial charge in [0.05, 0.1) is 6.54 Å². The van der Waals surface area contributed by atoms with Crippen molar-refractivity contribution in [1.29, 1.82) is 0 Å². The molecule has 5 heteroatoms. The number of carbonyl (C=O) groups excluding carboxylic acids is 1. The van der Waals surface area contributed by atoms with Crippen LogP contribution < -0.4 is 5.32 Å². The summed E-state index contributed by atoms with van der Waals surface area (Å²) in [7, 11) is 0. The molecule has 0 aliphatic heterocycles. The van der Waals surface area contributed by atoms with Crippen molar-refractivity contribution in [2.75, 3.05) is 0 Å². The molecule has 20 heavy (non-hydrogen) atoms. The van der Waals surface area contributed by atoms with E-state index in [2.05, 4.69) is 27.5 Å². The van der Waals surface area contributed by atoms with Crippen molar-refractivity contribution < 1.29 is 4.79 Å². The number of hydrogen-bond acceptors (Lipinski definition) is 3. The van der Waals surface area contributed by atoms with Gasteiger partial charge < -0.3 is 5.32 Å². The van der Waals surface area contributed by atoms with Crippen LogP contribution >= 0.6 is 0 Å². The van der Waals surface area contributed by atoms with Crippen LogP contribution in [0.5, 0.6) is 0 Å². The largest absolute Gasteiger partial charge is 0.352 e. The molecule has 3 rings (SSSR count). The first-order valence-electron chi connectivity index (χ1n) is 6.99. The highest BCUT2D eigenvalue weighted by Crippen LogP contribution is 2.26. The summed E-state index contributed by atoms with van der Waals surface area (Å²) in [6, 6.07) is 8.22. The second kappa shape index (κ2) is 5.86. The van der Waals surface area contributed by atoms with E-state index in [4.69, 9.17) is 0 Å². The maximum absolute atomic E-state index is 11.7. The molecule has 0 unspecified atom stereocenters. The average molecular weight is 270 g/mol. The topological polar surface area (TPSA) is 59.8 Å². The minimum absolute atomic E-state index is 0.197. The van der Waals surface area contributed by atoms with E-state index in [-0.39, 0.29) is 11.8 Å². The number of amides is 1. The van der Waals surface area contributed by atoms with Crippen LogP contribution in [0.3, 0.4) is 0 Å². The first kappa shape index (κ1) is 12.8. The van der Waals surface area contributed by atoms with Crippen LogP contribution in [-0.2, 0) is 17.9 Å². The summed E-state index contributed by atoms with van der Waals surface area (Å²) >= 11 is 0. The van der Waals surface area contributed by atoms with E-state index in [1.54, 1.807) is 11.0 Å². The minimum Gasteiger partial charge on any atom is -0.352 e. The molecule has 2 aromatic rings. The van der Waals surface area contributed by atoms with E-state index in [1.165, 1.54) is 18.3 Å². The van der Waals surface area contributed by atoms with Crippen LogP contribution in [-0.4, -0.2) is 20.7 Å². The summed E-state index contributed by atoms with van der Waals surface area (Å²) in [5, 5.41) is 7.08. The number of hydrogen-bond donors (Lipinski definition) is 1. The van der Waals surface area contributed by atoms with Crippen molar-refractivity contribution in [3.63, 3.8) is 0 Å². The van der Waals surface area contributed by atoms with Gasteiger partial charge >= 0.3 is 0 Å². The fourth-order valence-corrected chi connectivity index (χ4v) is 2.27. The van der Waals surface area contributed by atoms with Gasteiger partial charge in [-0.05, 0) is 24.0 Å². The highest BCUT2D eigenvalue weighted by molar-refractivity contribution is 5.79. The average Bonchev–Trinajstić information content (AvgIpc) is 2.89. The highest BCUT2D eigenvalue weighted by Gasteiger charge is 2.24. The molecule has 1 saturated carbocycles. The lowest BCUT2D eigenvalue weighted by Crippen LogP contribution is -2.33. The second-order valence-electron chi connectivity index (χ2n) is 5.26. The maximum Gasteiger partial charge on any atom is 0.223 e. The Morgan fingerprint density at radius 3 is 2.60 bits per heavy atom. The zero-order valence-electron chi connectivity index (χ0n) is 11.3. The van der Waals surface area contributed by atoms with Crippen LogP contribution in [0.2, 0.25) is 0 Å². The molecule has 0 spiro atoms. The van der Waals surface area contributed by atoms with E-state index in [1.807, 2.05) is 12.1 Å². The lowest BCUT2D eigenvalue weighted by Gasteiger charge is -2.24. The molecule has 0 radical (unpaired) electrons. The molecule has 1 heterocycles. The Labute approximate surface area is 118 Å². The fraction of sp³-hybridized carbons (Fsp3) is 0.400. The molecule has 0 atom stereocenters. The van der Waals surface area contributed by atoms with Gasteiger partial charge in [0.2, 0.25) is 5.91 Å². The Morgan fingerprint density at radius 1 is 1.25 bits per heavy atom. The first-order valence-corrected chi connectivity index (χ1v) is 6.99. The lowest BCUT2D eigenvalue weighted by molar-refractivity contribution is -0.127. The molecule has 1 fully saturated rings. The van der Waals surface area contributed by atoms with Gasteiger partial charge in [-0.3, -0.25) is 4.79 Å². The van der Waals surface area contributed by atoms with Gasteiger partial charge in [0.1, 0.15) is 12.7 Å². The number of nitrogens with zero attached hydrogens (tertiary/aromatic N) is 3. The van der Waals surface area contributed by atoms with Crippen molar-refractivity contribution in [1.82, 2.24) is 20.1 Å². The van der Waals surface area contributed by atoms with Gasteiger partial charge in [-0.1, -0.05) is 30.7 Å². The van der Waals surface area contributed by atoms with Gasteiger partial charge in [0.25, 0.3) is 0 Å². The van der Waals surface area contributed by atoms with Gasteiger partial charge in [-0.25, -0.2) is 9.67 Å². The Balaban J connectivity index is 1.52. The third-order valence-electron chi connectivity index (χ3n) is 3.78. The number of aromatic nitrogens is 3. The molecule has 0 bridgehead atoms. The minimum atomic E-state index is 0.197. The Hall–Kier alpha value is -2.17. The van der Waals surface area contributed by atoms with E-state index >= 15 is 0 Å². The molecule has 1 aromatic heterocycles. The molecule has 104 valence electrons. The Kier molecular flexibility index (Phi) is 3.76. The fourth-order valence-electron chi connectivity index (χ4n) is 2.27. The SMILES string of the molecule is O=C(NCc1ccc(Cn2cncn2)cc1)C1CCC1. The van der Waals surface area contributed by atoms with Crippen molar-refractivity contribution in [3.05, 3.63) is 48.0 Å². The molecule has 1 amide bonds. The summed E-state index contributed by atoms with van der Waals surface area (Å²) < 4.78 is 1.79. The van der Waals surface area contributed by atoms with Gasteiger partial charge in [0, 0.05) is 12.5 Å². The van der Waals surface area contributed by atoms with Crippen LogP contribution in [0.1, 0.15) is 30.4 Å². The van der Waals surface area contributed by atoms with E-state index in [9.17, 15) is 4.79 Å². The second-order valence-corrected chi connectivity index (χ2v) is 5.26. The van der Waals surface area contributed by atoms with Gasteiger partial charge in [0.15, 0.2) is 0 Å². The van der Waals surface area contributed by atoms with Gasteiger partial charge in [-0.15, -0.1) is 0 Å². The first-order chi connectivity index (χ1) is 9.81. The van der Waals surface area contributed by atoms with Crippen LogP contribution in [0.25, 0.3) is 0 Å². The molecule has 1 aliphatic rings. The summed E-state index contributed by atoms with van der Waals surface area (Å²) in [5.41, 5.74) is 2.30. The monoisotopic (exact) mass is 270 g/mol. The summed E-state index contributed by atoms with van der Waals surface area (Å²) in [5.74, 6) is 0.449. The third kappa shape index (κ3) is 3.04. The molecule has 1 aromatic carbocycles. The molecule has 1 N–H and O–H groups in total. The maximum atomic E-state index is 11.7. The number of benzene rings is 1. The Morgan fingerprint density at radius 2 is 2.00 bits per heavy atom. The van der Waals surface area contributed by atoms with Gasteiger partial charge in [-0.2, -0.15) is 5.10 Å². The summed E-state index contributed by atoms with van der Waals surface area (Å²) in [6.07, 6.45) is 6.51. The normalized spacial score (nSPS) is 14.8. The van der Waals surface area contributed by atoms with Crippen molar-refractivity contribution >= 4 is 5.91 Å². The predicted molar refractivity (Wildman–Crippen MR) is 74.8 cm³/mol. The van der Waals surface area contributed by atoms with E-state index in [0.29, 0.717) is 13.1 Å². The van der Waals surface area contributed by atoms with Crippen molar-refractivity contribution in [2.45, 2.75) is 32.4 Å². The zero-order chi connectivity index (χ0) is 13.8. The summed E-state index contributed by atoms with van der Waals surface area (Å²) in [6.45, 7) is 1.33. The summed E-state index contributed by atoms with van der Waals surface area (Å²) in [4.78, 5) is 15.7. The number of carbonyl (C=O) groups is 1. The molecule has 1 aliphatic carbocycles. The number of rotatable bonds is 5. The van der Waals surface area contributed by atoms with E-state index < -0.39 is 0 Å². The zero-order valence-corrected chi connectivity index (χ0v) is 11.3. The smallest absolute Gasteiger partial charge is 0.223 e.